The van der Waals surface area contributed by atoms with Crippen LogP contribution < -0.4 is 5.32 Å². The van der Waals surface area contributed by atoms with Crippen molar-refractivity contribution >= 4 is 11.9 Å². The number of hydrogen-bond donors (Lipinski definition) is 1. The number of carbonyl (C=O) groups excluding carboxylic acids is 2. The average Bonchev–Trinajstić information content (AvgIpc) is 2.92. The summed E-state index contributed by atoms with van der Waals surface area (Å²) in [4.78, 5) is 28.3. The van der Waals surface area contributed by atoms with Crippen molar-refractivity contribution in [1.82, 2.24) is 20.3 Å². The lowest BCUT2D eigenvalue weighted by Crippen LogP contribution is -2.42. The van der Waals surface area contributed by atoms with Crippen molar-refractivity contribution in [3.05, 3.63) is 53.4 Å². The van der Waals surface area contributed by atoms with Gasteiger partial charge in [0.15, 0.2) is 5.69 Å². The predicted molar refractivity (Wildman–Crippen MR) is 92.0 cm³/mol. The van der Waals surface area contributed by atoms with Crippen molar-refractivity contribution in [3.63, 3.8) is 0 Å². The molecule has 3 amide bonds. The van der Waals surface area contributed by atoms with Crippen molar-refractivity contribution in [1.29, 1.82) is 0 Å². The second-order valence-electron chi connectivity index (χ2n) is 6.10. The summed E-state index contributed by atoms with van der Waals surface area (Å²) in [5.41, 5.74) is 1.38. The van der Waals surface area contributed by atoms with Gasteiger partial charge in [-0.25, -0.2) is 4.79 Å². The third-order valence-corrected chi connectivity index (χ3v) is 4.20. The number of urea groups is 1. The molecule has 3 rings (SSSR count). The monoisotopic (exact) mass is 342 g/mol. The molecule has 0 aliphatic carbocycles. The fourth-order valence-electron chi connectivity index (χ4n) is 2.84. The lowest BCUT2D eigenvalue weighted by Gasteiger charge is -2.22. The Kier molecular flexibility index (Phi) is 5.33. The van der Waals surface area contributed by atoms with E-state index in [2.05, 4.69) is 10.5 Å². The Morgan fingerprint density at radius 2 is 1.84 bits per heavy atom. The highest BCUT2D eigenvalue weighted by atomic mass is 16.5. The van der Waals surface area contributed by atoms with Crippen LogP contribution in [0.2, 0.25) is 0 Å². The van der Waals surface area contributed by atoms with Crippen LogP contribution >= 0.6 is 0 Å². The van der Waals surface area contributed by atoms with Gasteiger partial charge >= 0.3 is 6.03 Å². The van der Waals surface area contributed by atoms with E-state index >= 15 is 0 Å². The van der Waals surface area contributed by atoms with E-state index in [-0.39, 0.29) is 11.9 Å². The smallest absolute Gasteiger partial charge is 0.317 e. The molecule has 0 spiro atoms. The Hall–Kier alpha value is -2.83. The summed E-state index contributed by atoms with van der Waals surface area (Å²) in [5, 5.41) is 6.71. The molecule has 0 unspecified atom stereocenters. The van der Waals surface area contributed by atoms with Gasteiger partial charge < -0.3 is 19.6 Å². The van der Waals surface area contributed by atoms with Crippen molar-refractivity contribution in [3.8, 4) is 0 Å². The third kappa shape index (κ3) is 4.37. The number of rotatable bonds is 3. The Morgan fingerprint density at radius 1 is 1.12 bits per heavy atom. The van der Waals surface area contributed by atoms with Crippen molar-refractivity contribution < 1.29 is 14.1 Å². The second-order valence-corrected chi connectivity index (χ2v) is 6.10. The standard InChI is InChI=1S/C18H22N4O3/c1-14-12-16(20-25-14)17(23)21-8-5-9-22(11-10-21)18(24)19-13-15-6-3-2-4-7-15/h2-4,6-7,12H,5,8-11,13H2,1H3,(H,19,24). The van der Waals surface area contributed by atoms with E-state index < -0.39 is 0 Å². The van der Waals surface area contributed by atoms with Gasteiger partial charge in [0.05, 0.1) is 0 Å². The molecular formula is C18H22N4O3. The summed E-state index contributed by atoms with van der Waals surface area (Å²) >= 11 is 0. The molecule has 1 aromatic heterocycles. The second kappa shape index (κ2) is 7.83. The van der Waals surface area contributed by atoms with E-state index in [9.17, 15) is 9.59 Å². The van der Waals surface area contributed by atoms with Crippen LogP contribution in [0.4, 0.5) is 4.79 Å². The Labute approximate surface area is 146 Å². The summed E-state index contributed by atoms with van der Waals surface area (Å²) < 4.78 is 4.97. The quantitative estimate of drug-likeness (QED) is 0.926. The van der Waals surface area contributed by atoms with Crippen molar-refractivity contribution in [2.24, 2.45) is 0 Å². The van der Waals surface area contributed by atoms with Crippen molar-refractivity contribution in [2.75, 3.05) is 26.2 Å². The van der Waals surface area contributed by atoms with E-state index in [0.717, 1.165) is 12.0 Å². The maximum Gasteiger partial charge on any atom is 0.317 e. The first-order valence-electron chi connectivity index (χ1n) is 8.43. The van der Waals surface area contributed by atoms with Crippen LogP contribution in [0.25, 0.3) is 0 Å². The lowest BCUT2D eigenvalue weighted by atomic mass is 10.2. The van der Waals surface area contributed by atoms with Gasteiger partial charge in [-0.15, -0.1) is 0 Å². The van der Waals surface area contributed by atoms with Gasteiger partial charge in [-0.1, -0.05) is 35.5 Å². The summed E-state index contributed by atoms with van der Waals surface area (Å²) in [7, 11) is 0. The van der Waals surface area contributed by atoms with Gasteiger partial charge in [-0.3, -0.25) is 4.79 Å². The molecule has 2 aromatic rings. The highest BCUT2D eigenvalue weighted by Crippen LogP contribution is 2.10. The van der Waals surface area contributed by atoms with Gasteiger partial charge in [0, 0.05) is 38.8 Å². The zero-order valence-electron chi connectivity index (χ0n) is 14.3. The average molecular weight is 342 g/mol. The number of aryl methyl sites for hydroxylation is 1. The van der Waals surface area contributed by atoms with Crippen LogP contribution in [0.15, 0.2) is 40.9 Å². The molecule has 1 aliphatic heterocycles. The minimum absolute atomic E-state index is 0.101. The van der Waals surface area contributed by atoms with Gasteiger partial charge in [0.25, 0.3) is 5.91 Å². The Balaban J connectivity index is 1.52. The van der Waals surface area contributed by atoms with Gasteiger partial charge in [0.1, 0.15) is 5.76 Å². The number of amides is 3. The topological polar surface area (TPSA) is 78.7 Å². The molecule has 0 radical (unpaired) electrons. The molecule has 0 bridgehead atoms. The molecule has 1 N–H and O–H groups in total. The van der Waals surface area contributed by atoms with E-state index in [0.29, 0.717) is 44.2 Å². The molecular weight excluding hydrogens is 320 g/mol. The van der Waals surface area contributed by atoms with E-state index in [1.54, 1.807) is 22.8 Å². The number of hydrogen-bond acceptors (Lipinski definition) is 4. The molecule has 132 valence electrons. The van der Waals surface area contributed by atoms with Crippen LogP contribution in [0.1, 0.15) is 28.2 Å². The number of nitrogens with one attached hydrogen (secondary N) is 1. The van der Waals surface area contributed by atoms with Crippen LogP contribution in [-0.2, 0) is 6.54 Å². The summed E-state index contributed by atoms with van der Waals surface area (Å²) in [5.74, 6) is 0.462. The number of benzene rings is 1. The summed E-state index contributed by atoms with van der Waals surface area (Å²) in [6.07, 6.45) is 0.737. The highest BCUT2D eigenvalue weighted by Gasteiger charge is 2.24. The first-order valence-corrected chi connectivity index (χ1v) is 8.43. The molecule has 1 fully saturated rings. The largest absolute Gasteiger partial charge is 0.361 e. The zero-order chi connectivity index (χ0) is 17.6. The minimum Gasteiger partial charge on any atom is -0.361 e. The van der Waals surface area contributed by atoms with Gasteiger partial charge in [-0.05, 0) is 18.9 Å². The molecule has 1 aromatic carbocycles. The fourth-order valence-corrected chi connectivity index (χ4v) is 2.84. The SMILES string of the molecule is Cc1cc(C(=O)N2CCCN(C(=O)NCc3ccccc3)CC2)no1. The minimum atomic E-state index is -0.150. The lowest BCUT2D eigenvalue weighted by molar-refractivity contribution is 0.0752. The summed E-state index contributed by atoms with van der Waals surface area (Å²) in [6, 6.07) is 11.3. The molecule has 7 nitrogen and oxygen atoms in total. The molecule has 2 heterocycles. The molecule has 7 heteroatoms. The molecule has 1 aliphatic rings. The van der Waals surface area contributed by atoms with Gasteiger partial charge in [0.2, 0.25) is 0 Å². The summed E-state index contributed by atoms with van der Waals surface area (Å²) in [6.45, 7) is 4.48. The Bertz CT molecular complexity index is 729. The van der Waals surface area contributed by atoms with E-state index in [4.69, 9.17) is 4.52 Å². The Morgan fingerprint density at radius 3 is 2.56 bits per heavy atom. The van der Waals surface area contributed by atoms with E-state index in [1.165, 1.54) is 0 Å². The first kappa shape index (κ1) is 17.0. The maximum absolute atomic E-state index is 12.4. The molecule has 0 atom stereocenters. The van der Waals surface area contributed by atoms with Gasteiger partial charge in [-0.2, -0.15) is 0 Å². The van der Waals surface area contributed by atoms with Crippen LogP contribution in [-0.4, -0.2) is 53.1 Å². The number of carbonyl (C=O) groups is 2. The normalized spacial score (nSPS) is 14.9. The maximum atomic E-state index is 12.4. The molecule has 0 saturated carbocycles. The fraction of sp³-hybridized carbons (Fsp3) is 0.389. The molecule has 1 saturated heterocycles. The molecule has 25 heavy (non-hydrogen) atoms. The predicted octanol–water partition coefficient (Wildman–Crippen LogP) is 2.04. The first-order chi connectivity index (χ1) is 12.1. The van der Waals surface area contributed by atoms with Crippen molar-refractivity contribution in [2.45, 2.75) is 19.9 Å². The number of aromatic nitrogens is 1. The van der Waals surface area contributed by atoms with Crippen LogP contribution in [0.3, 0.4) is 0 Å². The zero-order valence-corrected chi connectivity index (χ0v) is 14.3. The highest BCUT2D eigenvalue weighted by molar-refractivity contribution is 5.92. The van der Waals surface area contributed by atoms with E-state index in [1.807, 2.05) is 30.3 Å². The van der Waals surface area contributed by atoms with Crippen LogP contribution in [0, 0.1) is 6.92 Å². The third-order valence-electron chi connectivity index (χ3n) is 4.20. The number of nitrogens with zero attached hydrogens (tertiary/aromatic N) is 3. The van der Waals surface area contributed by atoms with Crippen LogP contribution in [0.5, 0.6) is 0 Å².